The number of nitrogens with zero attached hydrogens (tertiary/aromatic N) is 1. The van der Waals surface area contributed by atoms with Crippen molar-refractivity contribution in [3.05, 3.63) is 52.8 Å². The number of thiocarbonyl (C=S) groups is 1. The van der Waals surface area contributed by atoms with Crippen molar-refractivity contribution >= 4 is 17.2 Å². The van der Waals surface area contributed by atoms with Gasteiger partial charge in [0.05, 0.1) is 11.3 Å². The fraction of sp³-hybridized carbons (Fsp3) is 0.294. The van der Waals surface area contributed by atoms with Crippen molar-refractivity contribution in [1.82, 2.24) is 4.98 Å². The molecule has 0 spiro atoms. The Balaban J connectivity index is 2.32. The summed E-state index contributed by atoms with van der Waals surface area (Å²) >= 11 is 5.11. The summed E-state index contributed by atoms with van der Waals surface area (Å²) in [6.45, 7) is 5.98. The molecule has 0 aliphatic heterocycles. The average molecular weight is 300 g/mol. The van der Waals surface area contributed by atoms with Crippen LogP contribution in [-0.4, -0.2) is 9.97 Å². The number of aromatic nitrogens is 1. The van der Waals surface area contributed by atoms with Crippen molar-refractivity contribution in [2.24, 2.45) is 5.73 Å². The van der Waals surface area contributed by atoms with Gasteiger partial charge in [-0.2, -0.15) is 0 Å². The number of ether oxygens (including phenoxy) is 1. The van der Waals surface area contributed by atoms with Gasteiger partial charge in [0.1, 0.15) is 16.5 Å². The SMILES string of the molecule is CCCc1ccc(Oc2cc(C)nc(C)c2C(N)=S)cc1. The number of hydrogen-bond donors (Lipinski definition) is 1. The van der Waals surface area contributed by atoms with Crippen LogP contribution >= 0.6 is 12.2 Å². The van der Waals surface area contributed by atoms with Crippen molar-refractivity contribution < 1.29 is 4.74 Å². The molecule has 2 aromatic rings. The van der Waals surface area contributed by atoms with Gasteiger partial charge in [0, 0.05) is 11.8 Å². The van der Waals surface area contributed by atoms with E-state index in [0.717, 1.165) is 30.0 Å². The van der Waals surface area contributed by atoms with E-state index in [4.69, 9.17) is 22.7 Å². The molecular formula is C17H20N2OS. The van der Waals surface area contributed by atoms with E-state index in [1.165, 1.54) is 5.56 Å². The molecule has 2 N–H and O–H groups in total. The molecule has 3 nitrogen and oxygen atoms in total. The molecule has 0 saturated heterocycles. The van der Waals surface area contributed by atoms with Crippen molar-refractivity contribution in [3.8, 4) is 11.5 Å². The highest BCUT2D eigenvalue weighted by Gasteiger charge is 2.13. The summed E-state index contributed by atoms with van der Waals surface area (Å²) in [5.41, 5.74) is 9.47. The Hall–Kier alpha value is -1.94. The van der Waals surface area contributed by atoms with Crippen LogP contribution in [0.25, 0.3) is 0 Å². The van der Waals surface area contributed by atoms with Gasteiger partial charge in [-0.05, 0) is 38.0 Å². The van der Waals surface area contributed by atoms with Gasteiger partial charge >= 0.3 is 0 Å². The molecule has 1 heterocycles. The van der Waals surface area contributed by atoms with Crippen molar-refractivity contribution in [3.63, 3.8) is 0 Å². The van der Waals surface area contributed by atoms with Crippen molar-refractivity contribution in [2.75, 3.05) is 0 Å². The highest BCUT2D eigenvalue weighted by Crippen LogP contribution is 2.28. The second-order valence-electron chi connectivity index (χ2n) is 5.08. The summed E-state index contributed by atoms with van der Waals surface area (Å²) in [7, 11) is 0. The fourth-order valence-corrected chi connectivity index (χ4v) is 2.56. The van der Waals surface area contributed by atoms with Crippen LogP contribution in [0.3, 0.4) is 0 Å². The molecule has 1 aromatic heterocycles. The normalized spacial score (nSPS) is 10.4. The molecular weight excluding hydrogens is 280 g/mol. The first-order valence-corrected chi connectivity index (χ1v) is 7.47. The van der Waals surface area contributed by atoms with E-state index in [9.17, 15) is 0 Å². The van der Waals surface area contributed by atoms with E-state index < -0.39 is 0 Å². The van der Waals surface area contributed by atoms with Gasteiger partial charge in [0.25, 0.3) is 0 Å². The van der Waals surface area contributed by atoms with E-state index in [1.807, 2.05) is 32.0 Å². The van der Waals surface area contributed by atoms with Crippen LogP contribution < -0.4 is 10.5 Å². The number of pyridine rings is 1. The monoisotopic (exact) mass is 300 g/mol. The summed E-state index contributed by atoms with van der Waals surface area (Å²) in [4.78, 5) is 4.69. The summed E-state index contributed by atoms with van der Waals surface area (Å²) < 4.78 is 5.96. The third kappa shape index (κ3) is 3.79. The summed E-state index contributed by atoms with van der Waals surface area (Å²) in [5.74, 6) is 1.44. The minimum atomic E-state index is 0.303. The first kappa shape index (κ1) is 15.4. The van der Waals surface area contributed by atoms with E-state index in [1.54, 1.807) is 0 Å². The van der Waals surface area contributed by atoms with Crippen LogP contribution in [0.5, 0.6) is 11.5 Å². The first-order valence-electron chi connectivity index (χ1n) is 7.06. The second-order valence-corrected chi connectivity index (χ2v) is 5.52. The maximum absolute atomic E-state index is 5.96. The third-order valence-electron chi connectivity index (χ3n) is 3.23. The molecule has 0 aliphatic carbocycles. The Labute approximate surface area is 131 Å². The van der Waals surface area contributed by atoms with Crippen LogP contribution in [0.2, 0.25) is 0 Å². The maximum atomic E-state index is 5.96. The van der Waals surface area contributed by atoms with E-state index in [0.29, 0.717) is 16.3 Å². The number of rotatable bonds is 5. The van der Waals surface area contributed by atoms with Crippen molar-refractivity contribution in [2.45, 2.75) is 33.6 Å². The van der Waals surface area contributed by atoms with Gasteiger partial charge in [-0.25, -0.2) is 0 Å². The van der Waals surface area contributed by atoms with Crippen LogP contribution in [0.1, 0.15) is 35.9 Å². The average Bonchev–Trinajstić information content (AvgIpc) is 2.40. The molecule has 110 valence electrons. The van der Waals surface area contributed by atoms with Crippen LogP contribution in [0, 0.1) is 13.8 Å². The molecule has 0 atom stereocenters. The molecule has 4 heteroatoms. The van der Waals surface area contributed by atoms with Crippen molar-refractivity contribution in [1.29, 1.82) is 0 Å². The Morgan fingerprint density at radius 1 is 1.24 bits per heavy atom. The maximum Gasteiger partial charge on any atom is 0.141 e. The Bertz CT molecular complexity index is 651. The summed E-state index contributed by atoms with van der Waals surface area (Å²) in [5, 5.41) is 0. The lowest BCUT2D eigenvalue weighted by atomic mass is 10.1. The zero-order valence-electron chi connectivity index (χ0n) is 12.6. The summed E-state index contributed by atoms with van der Waals surface area (Å²) in [6, 6.07) is 9.97. The number of nitrogens with two attached hydrogens (primary N) is 1. The van der Waals surface area contributed by atoms with Crippen LogP contribution in [0.4, 0.5) is 0 Å². The minimum absolute atomic E-state index is 0.303. The van der Waals surface area contributed by atoms with Gasteiger partial charge in [-0.1, -0.05) is 37.7 Å². The highest BCUT2D eigenvalue weighted by atomic mass is 32.1. The van der Waals surface area contributed by atoms with Gasteiger partial charge in [-0.15, -0.1) is 0 Å². The topological polar surface area (TPSA) is 48.1 Å². The second kappa shape index (κ2) is 6.68. The largest absolute Gasteiger partial charge is 0.456 e. The molecule has 0 saturated carbocycles. The van der Waals surface area contributed by atoms with E-state index in [-0.39, 0.29) is 0 Å². The molecule has 0 fully saturated rings. The lowest BCUT2D eigenvalue weighted by Crippen LogP contribution is -2.14. The molecule has 0 radical (unpaired) electrons. The predicted molar refractivity (Wildman–Crippen MR) is 90.1 cm³/mol. The summed E-state index contributed by atoms with van der Waals surface area (Å²) in [6.07, 6.45) is 2.21. The lowest BCUT2D eigenvalue weighted by molar-refractivity contribution is 0.479. The number of aryl methyl sites for hydroxylation is 3. The van der Waals surface area contributed by atoms with Crippen LogP contribution in [0.15, 0.2) is 30.3 Å². The van der Waals surface area contributed by atoms with Gasteiger partial charge in [0.2, 0.25) is 0 Å². The van der Waals surface area contributed by atoms with Gasteiger partial charge in [-0.3, -0.25) is 4.98 Å². The van der Waals surface area contributed by atoms with Crippen LogP contribution in [-0.2, 0) is 6.42 Å². The Kier molecular flexibility index (Phi) is 4.91. The van der Waals surface area contributed by atoms with E-state index in [2.05, 4.69) is 24.0 Å². The zero-order chi connectivity index (χ0) is 15.4. The molecule has 0 aliphatic rings. The zero-order valence-corrected chi connectivity index (χ0v) is 13.5. The molecule has 0 unspecified atom stereocenters. The molecule has 21 heavy (non-hydrogen) atoms. The minimum Gasteiger partial charge on any atom is -0.456 e. The quantitative estimate of drug-likeness (QED) is 0.845. The smallest absolute Gasteiger partial charge is 0.141 e. The molecule has 1 aromatic carbocycles. The predicted octanol–water partition coefficient (Wildman–Crippen LogP) is 4.08. The number of benzene rings is 1. The third-order valence-corrected chi connectivity index (χ3v) is 3.43. The van der Waals surface area contributed by atoms with Gasteiger partial charge < -0.3 is 10.5 Å². The first-order chi connectivity index (χ1) is 10.0. The Morgan fingerprint density at radius 3 is 2.48 bits per heavy atom. The molecule has 2 rings (SSSR count). The standard InChI is InChI=1S/C17H20N2OS/c1-4-5-13-6-8-14(9-7-13)20-15-10-11(2)19-12(3)16(15)17(18)21/h6-10H,4-5H2,1-3H3,(H2,18,21). The number of hydrogen-bond acceptors (Lipinski definition) is 3. The molecule has 0 amide bonds. The Morgan fingerprint density at radius 2 is 1.90 bits per heavy atom. The lowest BCUT2D eigenvalue weighted by Gasteiger charge is -2.13. The van der Waals surface area contributed by atoms with E-state index >= 15 is 0 Å². The van der Waals surface area contributed by atoms with Gasteiger partial charge in [0.15, 0.2) is 0 Å². The highest BCUT2D eigenvalue weighted by molar-refractivity contribution is 7.80. The fourth-order valence-electron chi connectivity index (χ4n) is 2.31. The molecule has 0 bridgehead atoms.